The van der Waals surface area contributed by atoms with Crippen molar-refractivity contribution in [1.82, 2.24) is 9.55 Å². The van der Waals surface area contributed by atoms with E-state index < -0.39 is 0 Å². The van der Waals surface area contributed by atoms with Gasteiger partial charge < -0.3 is 10.3 Å². The fraction of sp³-hybridized carbons (Fsp3) is 0.267. The van der Waals surface area contributed by atoms with Crippen LogP contribution in [0.2, 0.25) is 0 Å². The zero-order valence-electron chi connectivity index (χ0n) is 10.5. The van der Waals surface area contributed by atoms with Crippen molar-refractivity contribution in [3.63, 3.8) is 0 Å². The summed E-state index contributed by atoms with van der Waals surface area (Å²) in [6, 6.07) is 10.4. The third-order valence-electron chi connectivity index (χ3n) is 3.09. The number of nitrogen functional groups attached to an aromatic ring is 1. The van der Waals surface area contributed by atoms with Crippen LogP contribution in [0.1, 0.15) is 24.1 Å². The first-order chi connectivity index (χ1) is 8.72. The van der Waals surface area contributed by atoms with E-state index in [0.29, 0.717) is 18.3 Å². The molecule has 92 valence electrons. The van der Waals surface area contributed by atoms with E-state index in [1.807, 2.05) is 18.2 Å². The van der Waals surface area contributed by atoms with Crippen LogP contribution < -0.4 is 5.73 Å². The number of nitrogens with two attached hydrogens (primary N) is 1. The molecule has 1 aromatic carbocycles. The van der Waals surface area contributed by atoms with Crippen molar-refractivity contribution in [2.75, 3.05) is 5.73 Å². The molecule has 3 nitrogen and oxygen atoms in total. The molecule has 0 bridgehead atoms. The van der Waals surface area contributed by atoms with Gasteiger partial charge in [-0.15, -0.1) is 6.42 Å². The first kappa shape index (κ1) is 12.3. The van der Waals surface area contributed by atoms with E-state index in [0.717, 1.165) is 12.1 Å². The van der Waals surface area contributed by atoms with Gasteiger partial charge in [-0.25, -0.2) is 4.98 Å². The summed E-state index contributed by atoms with van der Waals surface area (Å²) in [6.45, 7) is 2.65. The van der Waals surface area contributed by atoms with Crippen LogP contribution in [0.15, 0.2) is 36.7 Å². The molecular formula is C15H17N3. The standard InChI is InChI=1S/C15H17N3/c1-3-9-18-11-17-14(15(18)16)10-12(2)13-7-5-4-6-8-13/h1,4-8,11-12H,9-10,16H2,2H3. The Balaban J connectivity index is 2.13. The van der Waals surface area contributed by atoms with E-state index in [9.17, 15) is 0 Å². The molecule has 18 heavy (non-hydrogen) atoms. The van der Waals surface area contributed by atoms with Gasteiger partial charge in [-0.05, 0) is 17.9 Å². The van der Waals surface area contributed by atoms with Gasteiger partial charge in [-0.1, -0.05) is 43.2 Å². The van der Waals surface area contributed by atoms with Crippen LogP contribution in [-0.4, -0.2) is 9.55 Å². The van der Waals surface area contributed by atoms with Crippen molar-refractivity contribution in [3.05, 3.63) is 47.9 Å². The summed E-state index contributed by atoms with van der Waals surface area (Å²) in [5.41, 5.74) is 8.23. The Labute approximate surface area is 108 Å². The maximum absolute atomic E-state index is 6.02. The predicted molar refractivity (Wildman–Crippen MR) is 74.0 cm³/mol. The minimum absolute atomic E-state index is 0.391. The smallest absolute Gasteiger partial charge is 0.127 e. The fourth-order valence-corrected chi connectivity index (χ4v) is 2.00. The molecule has 0 saturated carbocycles. The lowest BCUT2D eigenvalue weighted by Gasteiger charge is -2.10. The Morgan fingerprint density at radius 2 is 2.11 bits per heavy atom. The third kappa shape index (κ3) is 2.54. The molecule has 3 heteroatoms. The van der Waals surface area contributed by atoms with Crippen LogP contribution in [0, 0.1) is 12.3 Å². The van der Waals surface area contributed by atoms with Crippen LogP contribution in [0.5, 0.6) is 0 Å². The molecule has 1 heterocycles. The molecule has 0 aliphatic heterocycles. The largest absolute Gasteiger partial charge is 0.384 e. The van der Waals surface area contributed by atoms with E-state index in [2.05, 4.69) is 30.0 Å². The van der Waals surface area contributed by atoms with Crippen molar-refractivity contribution in [1.29, 1.82) is 0 Å². The monoisotopic (exact) mass is 239 g/mol. The highest BCUT2D eigenvalue weighted by Gasteiger charge is 2.12. The van der Waals surface area contributed by atoms with Crippen molar-refractivity contribution < 1.29 is 0 Å². The molecule has 2 aromatic rings. The first-order valence-corrected chi connectivity index (χ1v) is 6.00. The molecule has 1 aromatic heterocycles. The Bertz CT molecular complexity index is 549. The average Bonchev–Trinajstić information content (AvgIpc) is 2.73. The van der Waals surface area contributed by atoms with E-state index in [-0.39, 0.29) is 0 Å². The summed E-state index contributed by atoms with van der Waals surface area (Å²) in [6.07, 6.45) is 7.81. The molecule has 0 aliphatic carbocycles. The topological polar surface area (TPSA) is 43.8 Å². The number of nitrogens with zero attached hydrogens (tertiary/aromatic N) is 2. The first-order valence-electron chi connectivity index (χ1n) is 6.00. The third-order valence-corrected chi connectivity index (χ3v) is 3.09. The van der Waals surface area contributed by atoms with Crippen molar-refractivity contribution >= 4 is 5.82 Å². The Hall–Kier alpha value is -2.21. The predicted octanol–water partition coefficient (Wildman–Crippen LogP) is 2.44. The average molecular weight is 239 g/mol. The summed E-state index contributed by atoms with van der Waals surface area (Å²) >= 11 is 0. The Kier molecular flexibility index (Phi) is 3.69. The molecule has 0 radical (unpaired) electrons. The van der Waals surface area contributed by atoms with Gasteiger partial charge in [0.1, 0.15) is 5.82 Å². The number of benzene rings is 1. The molecule has 1 unspecified atom stereocenters. The molecule has 2 rings (SSSR count). The van der Waals surface area contributed by atoms with Gasteiger partial charge in [0.15, 0.2) is 0 Å². The number of terminal acetylenes is 1. The number of aromatic nitrogens is 2. The SMILES string of the molecule is C#CCn1cnc(CC(C)c2ccccc2)c1N. The number of rotatable bonds is 4. The molecule has 2 N–H and O–H groups in total. The Morgan fingerprint density at radius 1 is 1.39 bits per heavy atom. The summed E-state index contributed by atoms with van der Waals surface area (Å²) in [7, 11) is 0. The van der Waals surface area contributed by atoms with Crippen LogP contribution in [0.4, 0.5) is 5.82 Å². The number of anilines is 1. The van der Waals surface area contributed by atoms with Gasteiger partial charge in [0.2, 0.25) is 0 Å². The summed E-state index contributed by atoms with van der Waals surface area (Å²) < 4.78 is 1.80. The van der Waals surface area contributed by atoms with Crippen molar-refractivity contribution in [2.45, 2.75) is 25.8 Å². The second-order valence-electron chi connectivity index (χ2n) is 4.42. The highest BCUT2D eigenvalue weighted by molar-refractivity contribution is 5.38. The van der Waals surface area contributed by atoms with Crippen LogP contribution >= 0.6 is 0 Å². The summed E-state index contributed by atoms with van der Waals surface area (Å²) in [4.78, 5) is 4.34. The lowest BCUT2D eigenvalue weighted by atomic mass is 9.96. The minimum atomic E-state index is 0.391. The molecule has 0 fully saturated rings. The summed E-state index contributed by atoms with van der Waals surface area (Å²) in [5.74, 6) is 3.63. The number of hydrogen-bond acceptors (Lipinski definition) is 2. The van der Waals surface area contributed by atoms with Crippen LogP contribution in [-0.2, 0) is 13.0 Å². The van der Waals surface area contributed by atoms with Gasteiger partial charge >= 0.3 is 0 Å². The van der Waals surface area contributed by atoms with Crippen molar-refractivity contribution in [2.24, 2.45) is 0 Å². The van der Waals surface area contributed by atoms with Crippen molar-refractivity contribution in [3.8, 4) is 12.3 Å². The molecule has 0 amide bonds. The van der Waals surface area contributed by atoms with Gasteiger partial charge in [0, 0.05) is 0 Å². The second-order valence-corrected chi connectivity index (χ2v) is 4.42. The normalized spacial score (nSPS) is 12.0. The maximum Gasteiger partial charge on any atom is 0.127 e. The zero-order chi connectivity index (χ0) is 13.0. The molecule has 0 spiro atoms. The quantitative estimate of drug-likeness (QED) is 0.833. The minimum Gasteiger partial charge on any atom is -0.384 e. The number of imidazole rings is 1. The highest BCUT2D eigenvalue weighted by Crippen LogP contribution is 2.22. The fourth-order valence-electron chi connectivity index (χ4n) is 2.00. The Morgan fingerprint density at radius 3 is 2.78 bits per heavy atom. The van der Waals surface area contributed by atoms with Gasteiger partial charge in [0.25, 0.3) is 0 Å². The van der Waals surface area contributed by atoms with Crippen LogP contribution in [0.3, 0.4) is 0 Å². The highest BCUT2D eigenvalue weighted by atomic mass is 15.1. The molecule has 0 saturated heterocycles. The van der Waals surface area contributed by atoms with E-state index >= 15 is 0 Å². The van der Waals surface area contributed by atoms with Gasteiger partial charge in [-0.2, -0.15) is 0 Å². The van der Waals surface area contributed by atoms with Crippen LogP contribution in [0.25, 0.3) is 0 Å². The van der Waals surface area contributed by atoms with E-state index in [1.54, 1.807) is 10.9 Å². The van der Waals surface area contributed by atoms with E-state index in [4.69, 9.17) is 12.2 Å². The van der Waals surface area contributed by atoms with E-state index in [1.165, 1.54) is 5.56 Å². The van der Waals surface area contributed by atoms with Gasteiger partial charge in [-0.3, -0.25) is 0 Å². The second kappa shape index (κ2) is 5.42. The molecule has 1 atom stereocenters. The lowest BCUT2D eigenvalue weighted by Crippen LogP contribution is -2.05. The lowest BCUT2D eigenvalue weighted by molar-refractivity contribution is 0.745. The summed E-state index contributed by atoms with van der Waals surface area (Å²) in [5, 5.41) is 0. The maximum atomic E-state index is 6.02. The zero-order valence-corrected chi connectivity index (χ0v) is 10.5. The van der Waals surface area contributed by atoms with Gasteiger partial charge in [0.05, 0.1) is 18.6 Å². The number of hydrogen-bond donors (Lipinski definition) is 1. The molecular weight excluding hydrogens is 222 g/mol. The molecule has 0 aliphatic rings.